The molecule has 130 valence electrons. The van der Waals surface area contributed by atoms with Crippen molar-refractivity contribution in [1.29, 1.82) is 0 Å². The number of hydrogen-bond acceptors (Lipinski definition) is 4. The number of rotatable bonds is 4. The van der Waals surface area contributed by atoms with Crippen molar-refractivity contribution in [3.8, 4) is 0 Å². The molecule has 1 aromatic rings. The Morgan fingerprint density at radius 1 is 1.50 bits per heavy atom. The molecular weight excluding hydrogens is 310 g/mol. The van der Waals surface area contributed by atoms with Gasteiger partial charge in [0.1, 0.15) is 11.6 Å². The molecule has 0 spiro atoms. The Balaban J connectivity index is 1.78. The molecular formula is C17H23N3O4. The summed E-state index contributed by atoms with van der Waals surface area (Å²) in [5.41, 5.74) is -0.105. The van der Waals surface area contributed by atoms with E-state index >= 15 is 0 Å². The topological polar surface area (TPSA) is 84.7 Å². The predicted octanol–water partition coefficient (Wildman–Crippen LogP) is 2.38. The van der Waals surface area contributed by atoms with Crippen LogP contribution >= 0.6 is 0 Å². The van der Waals surface area contributed by atoms with Crippen molar-refractivity contribution in [3.05, 3.63) is 24.5 Å². The molecule has 1 saturated carbocycles. The summed E-state index contributed by atoms with van der Waals surface area (Å²) in [6.45, 7) is 9.60. The average molecular weight is 333 g/mol. The van der Waals surface area contributed by atoms with E-state index < -0.39 is 23.7 Å². The number of likely N-dealkylation sites (tertiary alicyclic amines) is 1. The van der Waals surface area contributed by atoms with E-state index in [4.69, 9.17) is 4.74 Å². The molecule has 1 aromatic heterocycles. The number of piperidine rings is 1. The van der Waals surface area contributed by atoms with Crippen molar-refractivity contribution >= 4 is 18.1 Å². The number of aliphatic carboxylic acids is 1. The van der Waals surface area contributed by atoms with Crippen LogP contribution in [0.15, 0.2) is 18.8 Å². The quantitative estimate of drug-likeness (QED) is 0.914. The summed E-state index contributed by atoms with van der Waals surface area (Å²) in [5, 5.41) is 13.9. The molecule has 24 heavy (non-hydrogen) atoms. The first kappa shape index (κ1) is 16.5. The van der Waals surface area contributed by atoms with E-state index in [0.29, 0.717) is 13.0 Å². The first-order valence-corrected chi connectivity index (χ1v) is 8.05. The Morgan fingerprint density at radius 3 is 2.75 bits per heavy atom. The lowest BCUT2D eigenvalue weighted by Crippen LogP contribution is -2.45. The Bertz CT molecular complexity index is 690. The largest absolute Gasteiger partial charge is 0.480 e. The average Bonchev–Trinajstić information content (AvgIpc) is 2.82. The molecule has 1 saturated heterocycles. The second kappa shape index (κ2) is 5.36. The number of carbonyl (C=O) groups is 2. The molecule has 0 bridgehead atoms. The number of amides is 1. The number of carboxylic acid groups (broad SMARTS) is 1. The van der Waals surface area contributed by atoms with Crippen LogP contribution in [-0.2, 0) is 16.1 Å². The summed E-state index contributed by atoms with van der Waals surface area (Å²) in [4.78, 5) is 25.5. The van der Waals surface area contributed by atoms with E-state index in [-0.39, 0.29) is 11.5 Å². The summed E-state index contributed by atoms with van der Waals surface area (Å²) < 4.78 is 7.20. The van der Waals surface area contributed by atoms with Crippen LogP contribution in [0.5, 0.6) is 0 Å². The zero-order chi connectivity index (χ0) is 17.7. The van der Waals surface area contributed by atoms with Gasteiger partial charge in [-0.25, -0.2) is 9.59 Å². The molecule has 1 amide bonds. The summed E-state index contributed by atoms with van der Waals surface area (Å²) in [7, 11) is 0. The highest BCUT2D eigenvalue weighted by atomic mass is 16.6. The maximum absolute atomic E-state index is 12.5. The van der Waals surface area contributed by atoms with Gasteiger partial charge in [0, 0.05) is 24.2 Å². The SMILES string of the molecule is C=Cc1ccn(C[C@@]23C[C@@H](C(=O)O)N(C(=O)OC(C)(C)C)[C@@H]2C3)n1. The molecule has 3 atom stereocenters. The number of hydrogen-bond donors (Lipinski definition) is 1. The maximum atomic E-state index is 12.5. The molecule has 0 radical (unpaired) electrons. The van der Waals surface area contributed by atoms with Gasteiger partial charge < -0.3 is 9.84 Å². The van der Waals surface area contributed by atoms with E-state index in [1.807, 2.05) is 12.3 Å². The smallest absolute Gasteiger partial charge is 0.411 e. The Hall–Kier alpha value is -2.31. The lowest BCUT2D eigenvalue weighted by molar-refractivity contribution is -0.142. The van der Waals surface area contributed by atoms with Crippen molar-refractivity contribution < 1.29 is 19.4 Å². The zero-order valence-corrected chi connectivity index (χ0v) is 14.2. The van der Waals surface area contributed by atoms with Gasteiger partial charge >= 0.3 is 12.1 Å². The van der Waals surface area contributed by atoms with E-state index in [2.05, 4.69) is 11.7 Å². The molecule has 2 fully saturated rings. The minimum atomic E-state index is -0.986. The second-order valence-corrected chi connectivity index (χ2v) is 7.67. The third kappa shape index (κ3) is 2.90. The van der Waals surface area contributed by atoms with E-state index in [0.717, 1.165) is 12.1 Å². The van der Waals surface area contributed by atoms with Gasteiger partial charge in [0.15, 0.2) is 0 Å². The van der Waals surface area contributed by atoms with Crippen LogP contribution in [0.2, 0.25) is 0 Å². The van der Waals surface area contributed by atoms with Gasteiger partial charge in [-0.05, 0) is 45.8 Å². The van der Waals surface area contributed by atoms with E-state index in [1.54, 1.807) is 31.5 Å². The monoisotopic (exact) mass is 333 g/mol. The molecule has 2 heterocycles. The highest BCUT2D eigenvalue weighted by Gasteiger charge is 2.68. The zero-order valence-electron chi connectivity index (χ0n) is 14.2. The first-order valence-electron chi connectivity index (χ1n) is 8.05. The minimum Gasteiger partial charge on any atom is -0.480 e. The molecule has 1 N–H and O–H groups in total. The lowest BCUT2D eigenvalue weighted by atomic mass is 10.00. The van der Waals surface area contributed by atoms with Gasteiger partial charge in [-0.3, -0.25) is 9.58 Å². The lowest BCUT2D eigenvalue weighted by Gasteiger charge is -2.28. The highest BCUT2D eigenvalue weighted by Crippen LogP contribution is 2.60. The molecule has 7 nitrogen and oxygen atoms in total. The number of nitrogens with zero attached hydrogens (tertiary/aromatic N) is 3. The Kier molecular flexibility index (Phi) is 3.69. The van der Waals surface area contributed by atoms with Crippen LogP contribution in [0, 0.1) is 5.41 Å². The molecule has 0 aromatic carbocycles. The number of ether oxygens (including phenoxy) is 1. The third-order valence-electron chi connectivity index (χ3n) is 4.65. The number of aromatic nitrogens is 2. The van der Waals surface area contributed by atoms with Crippen LogP contribution in [0.25, 0.3) is 6.08 Å². The van der Waals surface area contributed by atoms with Gasteiger partial charge in [-0.2, -0.15) is 5.10 Å². The summed E-state index contributed by atoms with van der Waals surface area (Å²) in [6.07, 6.45) is 4.17. The van der Waals surface area contributed by atoms with Gasteiger partial charge in [0.25, 0.3) is 0 Å². The van der Waals surface area contributed by atoms with Gasteiger partial charge in [0.2, 0.25) is 0 Å². The Morgan fingerprint density at radius 2 is 2.21 bits per heavy atom. The molecule has 1 aliphatic heterocycles. The van der Waals surface area contributed by atoms with Gasteiger partial charge in [-0.1, -0.05) is 6.58 Å². The van der Waals surface area contributed by atoms with Crippen molar-refractivity contribution in [1.82, 2.24) is 14.7 Å². The Labute approximate surface area is 140 Å². The first-order chi connectivity index (χ1) is 11.1. The fourth-order valence-corrected chi connectivity index (χ4v) is 3.55. The van der Waals surface area contributed by atoms with E-state index in [1.165, 1.54) is 4.90 Å². The summed E-state index contributed by atoms with van der Waals surface area (Å²) >= 11 is 0. The maximum Gasteiger partial charge on any atom is 0.411 e. The predicted molar refractivity (Wildman–Crippen MR) is 87.3 cm³/mol. The van der Waals surface area contributed by atoms with Crippen LogP contribution in [0.1, 0.15) is 39.3 Å². The standard InChI is InChI=1S/C17H23N3O4/c1-5-11-6-7-19(18-11)10-17-8-12(14(21)22)20(13(17)9-17)15(23)24-16(2,3)4/h5-7,12-13H,1,8-10H2,2-4H3,(H,21,22)/t12-,13+,17-/m0/s1. The third-order valence-corrected chi connectivity index (χ3v) is 4.65. The van der Waals surface area contributed by atoms with Gasteiger partial charge in [-0.15, -0.1) is 0 Å². The summed E-state index contributed by atoms with van der Waals surface area (Å²) in [5.74, 6) is -0.986. The fraction of sp³-hybridized carbons (Fsp3) is 0.588. The minimum absolute atomic E-state index is 0.107. The number of fused-ring (bicyclic) bond motifs is 1. The van der Waals surface area contributed by atoms with Crippen molar-refractivity contribution in [3.63, 3.8) is 0 Å². The number of carboxylic acids is 1. The molecule has 3 rings (SSSR count). The van der Waals surface area contributed by atoms with Crippen LogP contribution in [0.3, 0.4) is 0 Å². The second-order valence-electron chi connectivity index (χ2n) is 7.67. The van der Waals surface area contributed by atoms with E-state index in [9.17, 15) is 14.7 Å². The van der Waals surface area contributed by atoms with Crippen molar-refractivity contribution in [2.24, 2.45) is 5.41 Å². The van der Waals surface area contributed by atoms with Crippen LogP contribution in [-0.4, -0.2) is 49.5 Å². The van der Waals surface area contributed by atoms with Crippen molar-refractivity contribution in [2.75, 3.05) is 0 Å². The normalized spacial score (nSPS) is 28.4. The molecule has 0 unspecified atom stereocenters. The fourth-order valence-electron chi connectivity index (χ4n) is 3.55. The van der Waals surface area contributed by atoms with Crippen LogP contribution in [0.4, 0.5) is 4.79 Å². The van der Waals surface area contributed by atoms with Crippen LogP contribution < -0.4 is 0 Å². The van der Waals surface area contributed by atoms with Gasteiger partial charge in [0.05, 0.1) is 5.69 Å². The molecule has 1 aliphatic carbocycles. The molecule has 2 aliphatic rings. The number of carbonyl (C=O) groups excluding carboxylic acids is 1. The van der Waals surface area contributed by atoms with Crippen molar-refractivity contribution in [2.45, 2.75) is 57.8 Å². The summed E-state index contributed by atoms with van der Waals surface area (Å²) in [6, 6.07) is 0.911. The highest BCUT2D eigenvalue weighted by molar-refractivity contribution is 5.82. The molecule has 7 heteroatoms.